The topological polar surface area (TPSA) is 75.7 Å². The first-order valence-electron chi connectivity index (χ1n) is 7.07. The molecule has 6 nitrogen and oxygen atoms in total. The van der Waals surface area contributed by atoms with Crippen LogP contribution in [-0.4, -0.2) is 47.4 Å². The van der Waals surface area contributed by atoms with E-state index in [2.05, 4.69) is 5.32 Å². The van der Waals surface area contributed by atoms with Crippen molar-refractivity contribution in [3.8, 4) is 0 Å². The minimum atomic E-state index is -3.55. The quantitative estimate of drug-likeness (QED) is 0.728. The molecule has 0 bridgehead atoms. The molecule has 0 aliphatic heterocycles. The van der Waals surface area contributed by atoms with Gasteiger partial charge in [-0.2, -0.15) is 0 Å². The second-order valence-electron chi connectivity index (χ2n) is 5.21. The van der Waals surface area contributed by atoms with Crippen molar-refractivity contribution < 1.29 is 17.9 Å². The fourth-order valence-electron chi connectivity index (χ4n) is 2.19. The predicted molar refractivity (Wildman–Crippen MR) is 87.6 cm³/mol. The largest absolute Gasteiger partial charge is 0.385 e. The molecule has 0 aliphatic carbocycles. The molecule has 0 heterocycles. The number of hydrogen-bond acceptors (Lipinski definition) is 4. The second kappa shape index (κ2) is 8.14. The van der Waals surface area contributed by atoms with Crippen molar-refractivity contribution in [2.45, 2.75) is 20.3 Å². The van der Waals surface area contributed by atoms with Gasteiger partial charge >= 0.3 is 0 Å². The summed E-state index contributed by atoms with van der Waals surface area (Å²) in [4.78, 5) is 12.0. The third kappa shape index (κ3) is 5.31. The first-order chi connectivity index (χ1) is 10.3. The van der Waals surface area contributed by atoms with E-state index in [1.807, 2.05) is 32.0 Å². The lowest BCUT2D eigenvalue weighted by atomic mass is 10.1. The molecule has 0 unspecified atom stereocenters. The molecule has 1 amide bonds. The van der Waals surface area contributed by atoms with Crippen LogP contribution in [0.2, 0.25) is 0 Å². The Labute approximate surface area is 132 Å². The van der Waals surface area contributed by atoms with Gasteiger partial charge in [-0.25, -0.2) is 8.42 Å². The van der Waals surface area contributed by atoms with Crippen LogP contribution < -0.4 is 9.62 Å². The van der Waals surface area contributed by atoms with E-state index in [0.717, 1.165) is 21.7 Å². The van der Waals surface area contributed by atoms with Crippen LogP contribution in [0, 0.1) is 13.8 Å². The number of sulfonamides is 1. The Morgan fingerprint density at radius 3 is 2.36 bits per heavy atom. The van der Waals surface area contributed by atoms with E-state index in [1.54, 1.807) is 7.11 Å². The molecule has 1 N–H and O–H groups in total. The van der Waals surface area contributed by atoms with Crippen LogP contribution in [0.25, 0.3) is 0 Å². The molecule has 1 aromatic rings. The van der Waals surface area contributed by atoms with Crippen molar-refractivity contribution in [3.63, 3.8) is 0 Å². The Hall–Kier alpha value is -1.60. The Morgan fingerprint density at radius 2 is 1.86 bits per heavy atom. The van der Waals surface area contributed by atoms with Crippen LogP contribution in [-0.2, 0) is 19.6 Å². The lowest BCUT2D eigenvalue weighted by Gasteiger charge is -2.25. The summed E-state index contributed by atoms with van der Waals surface area (Å²) in [5, 5.41) is 2.70. The Kier molecular flexibility index (Phi) is 6.83. The molecular weight excluding hydrogens is 304 g/mol. The monoisotopic (exact) mass is 328 g/mol. The molecule has 1 rings (SSSR count). The number of carbonyl (C=O) groups is 1. The van der Waals surface area contributed by atoms with Gasteiger partial charge in [0.1, 0.15) is 6.54 Å². The standard InChI is InChI=1S/C15H24N2O4S/c1-12-7-5-8-13(2)15(12)17(22(4,19)20)11-14(18)16-9-6-10-21-3/h5,7-8H,6,9-11H2,1-4H3,(H,16,18). The molecule has 7 heteroatoms. The smallest absolute Gasteiger partial charge is 0.240 e. The van der Waals surface area contributed by atoms with Crippen LogP contribution in [0.5, 0.6) is 0 Å². The molecule has 0 atom stereocenters. The number of amides is 1. The van der Waals surface area contributed by atoms with Crippen LogP contribution in [0.15, 0.2) is 18.2 Å². The van der Waals surface area contributed by atoms with Crippen LogP contribution in [0.1, 0.15) is 17.5 Å². The molecule has 22 heavy (non-hydrogen) atoms. The van der Waals surface area contributed by atoms with Gasteiger partial charge in [0.05, 0.1) is 11.9 Å². The highest BCUT2D eigenvalue weighted by Gasteiger charge is 2.23. The molecule has 0 aliphatic rings. The number of para-hydroxylation sites is 1. The summed E-state index contributed by atoms with van der Waals surface area (Å²) < 4.78 is 30.2. The van der Waals surface area contributed by atoms with Crippen molar-refractivity contribution >= 4 is 21.6 Å². The van der Waals surface area contributed by atoms with Gasteiger partial charge in [0, 0.05) is 20.3 Å². The zero-order valence-corrected chi connectivity index (χ0v) is 14.4. The van der Waals surface area contributed by atoms with E-state index in [4.69, 9.17) is 4.74 Å². The number of nitrogens with zero attached hydrogens (tertiary/aromatic N) is 1. The van der Waals surface area contributed by atoms with Gasteiger partial charge in [0.25, 0.3) is 0 Å². The van der Waals surface area contributed by atoms with Crippen molar-refractivity contribution in [1.82, 2.24) is 5.32 Å². The predicted octanol–water partition coefficient (Wildman–Crippen LogP) is 1.22. The summed E-state index contributed by atoms with van der Waals surface area (Å²) in [5.74, 6) is -0.329. The second-order valence-corrected chi connectivity index (χ2v) is 7.11. The molecular formula is C15H24N2O4S. The summed E-state index contributed by atoms with van der Waals surface area (Å²) in [6.45, 7) is 4.44. The van der Waals surface area contributed by atoms with Crippen molar-refractivity contribution in [2.75, 3.05) is 37.4 Å². The number of aryl methyl sites for hydroxylation is 2. The van der Waals surface area contributed by atoms with Crippen LogP contribution in [0.4, 0.5) is 5.69 Å². The maximum atomic E-state index is 12.1. The molecule has 0 aromatic heterocycles. The number of rotatable bonds is 8. The molecule has 0 fully saturated rings. The first kappa shape index (κ1) is 18.4. The maximum Gasteiger partial charge on any atom is 0.240 e. The minimum Gasteiger partial charge on any atom is -0.385 e. The molecule has 0 radical (unpaired) electrons. The van der Waals surface area contributed by atoms with Crippen molar-refractivity contribution in [1.29, 1.82) is 0 Å². The van der Waals surface area contributed by atoms with Gasteiger partial charge in [-0.15, -0.1) is 0 Å². The van der Waals surface area contributed by atoms with E-state index >= 15 is 0 Å². The number of nitrogens with one attached hydrogen (secondary N) is 1. The number of methoxy groups -OCH3 is 1. The number of ether oxygens (including phenoxy) is 1. The number of hydrogen-bond donors (Lipinski definition) is 1. The lowest BCUT2D eigenvalue weighted by Crippen LogP contribution is -2.41. The average Bonchev–Trinajstić information content (AvgIpc) is 2.41. The Balaban J connectivity index is 2.90. The van der Waals surface area contributed by atoms with Gasteiger partial charge in [-0.05, 0) is 31.4 Å². The Morgan fingerprint density at radius 1 is 1.27 bits per heavy atom. The number of anilines is 1. The number of carbonyl (C=O) groups excluding carboxylic acids is 1. The van der Waals surface area contributed by atoms with E-state index in [-0.39, 0.29) is 12.5 Å². The molecule has 1 aromatic carbocycles. The zero-order chi connectivity index (χ0) is 16.8. The molecule has 0 saturated carbocycles. The normalized spacial score (nSPS) is 11.3. The fourth-order valence-corrected chi connectivity index (χ4v) is 3.16. The van der Waals surface area contributed by atoms with E-state index in [9.17, 15) is 13.2 Å². The summed E-state index contributed by atoms with van der Waals surface area (Å²) in [6.07, 6.45) is 1.79. The molecule has 124 valence electrons. The maximum absolute atomic E-state index is 12.1. The van der Waals surface area contributed by atoms with E-state index < -0.39 is 10.0 Å². The summed E-state index contributed by atoms with van der Waals surface area (Å²) in [7, 11) is -1.95. The third-order valence-electron chi connectivity index (χ3n) is 3.22. The van der Waals surface area contributed by atoms with Crippen molar-refractivity contribution in [2.24, 2.45) is 0 Å². The Bertz CT molecular complexity index is 594. The van der Waals surface area contributed by atoms with Gasteiger partial charge in [-0.3, -0.25) is 9.10 Å². The van der Waals surface area contributed by atoms with Gasteiger partial charge < -0.3 is 10.1 Å². The lowest BCUT2D eigenvalue weighted by molar-refractivity contribution is -0.119. The summed E-state index contributed by atoms with van der Waals surface area (Å²) in [6, 6.07) is 5.52. The summed E-state index contributed by atoms with van der Waals surface area (Å²) in [5.41, 5.74) is 2.20. The summed E-state index contributed by atoms with van der Waals surface area (Å²) >= 11 is 0. The SMILES string of the molecule is COCCCNC(=O)CN(c1c(C)cccc1C)S(C)(=O)=O. The molecule has 0 saturated heterocycles. The van der Waals surface area contributed by atoms with Gasteiger partial charge in [-0.1, -0.05) is 18.2 Å². The fraction of sp³-hybridized carbons (Fsp3) is 0.533. The van der Waals surface area contributed by atoms with Crippen LogP contribution >= 0.6 is 0 Å². The highest BCUT2D eigenvalue weighted by Crippen LogP contribution is 2.26. The van der Waals surface area contributed by atoms with Gasteiger partial charge in [0.2, 0.25) is 15.9 Å². The average molecular weight is 328 g/mol. The van der Waals surface area contributed by atoms with E-state index in [1.165, 1.54) is 0 Å². The highest BCUT2D eigenvalue weighted by molar-refractivity contribution is 7.92. The minimum absolute atomic E-state index is 0.225. The van der Waals surface area contributed by atoms with Crippen molar-refractivity contribution in [3.05, 3.63) is 29.3 Å². The zero-order valence-electron chi connectivity index (χ0n) is 13.5. The number of benzene rings is 1. The van der Waals surface area contributed by atoms with Gasteiger partial charge in [0.15, 0.2) is 0 Å². The molecule has 0 spiro atoms. The van der Waals surface area contributed by atoms with Crippen LogP contribution in [0.3, 0.4) is 0 Å². The highest BCUT2D eigenvalue weighted by atomic mass is 32.2. The third-order valence-corrected chi connectivity index (χ3v) is 4.34. The first-order valence-corrected chi connectivity index (χ1v) is 8.91. The van der Waals surface area contributed by atoms with E-state index in [0.29, 0.717) is 25.3 Å².